The number of ether oxygens (including phenoxy) is 1. The molecule has 3 aromatic carbocycles. The van der Waals surface area contributed by atoms with E-state index in [9.17, 15) is 15.2 Å². The standard InChI is InChI=1S/C25H19Cl2N3O3/c26-19-4-8-21(9-5-19)29-23(31)30(22-10-6-20(27)7-11-22)25(32,24(29)12-13-33-16-24)18-3-1-2-17(14-18)15-28/h1-11,14,32H,12-13,16H2/t24-,25?/m1/s1. The van der Waals surface area contributed by atoms with Gasteiger partial charge in [0.15, 0.2) is 5.72 Å². The molecule has 1 unspecified atom stereocenters. The minimum absolute atomic E-state index is 0.110. The van der Waals surface area contributed by atoms with Crippen LogP contribution in [0.4, 0.5) is 16.2 Å². The topological polar surface area (TPSA) is 76.8 Å². The lowest BCUT2D eigenvalue weighted by Gasteiger charge is -2.44. The van der Waals surface area contributed by atoms with E-state index in [1.54, 1.807) is 77.7 Å². The highest BCUT2D eigenvalue weighted by Crippen LogP contribution is 2.54. The summed E-state index contributed by atoms with van der Waals surface area (Å²) in [7, 11) is 0. The molecule has 0 bridgehead atoms. The van der Waals surface area contributed by atoms with E-state index in [0.29, 0.717) is 45.6 Å². The van der Waals surface area contributed by atoms with Gasteiger partial charge in [-0.3, -0.25) is 9.80 Å². The van der Waals surface area contributed by atoms with Crippen molar-refractivity contribution in [3.05, 3.63) is 94.0 Å². The van der Waals surface area contributed by atoms with Gasteiger partial charge in [0.05, 0.1) is 18.2 Å². The van der Waals surface area contributed by atoms with Gasteiger partial charge >= 0.3 is 6.03 Å². The largest absolute Gasteiger partial charge is 0.379 e. The number of nitrogens with zero attached hydrogens (tertiary/aromatic N) is 3. The molecule has 2 fully saturated rings. The van der Waals surface area contributed by atoms with Crippen molar-refractivity contribution in [1.29, 1.82) is 5.26 Å². The van der Waals surface area contributed by atoms with Gasteiger partial charge in [-0.2, -0.15) is 5.26 Å². The highest BCUT2D eigenvalue weighted by molar-refractivity contribution is 6.31. The molecule has 0 radical (unpaired) electrons. The lowest BCUT2D eigenvalue weighted by atomic mass is 9.79. The van der Waals surface area contributed by atoms with E-state index in [4.69, 9.17) is 27.9 Å². The summed E-state index contributed by atoms with van der Waals surface area (Å²) in [6.07, 6.45) is 0.388. The quantitative estimate of drug-likeness (QED) is 0.551. The van der Waals surface area contributed by atoms with Crippen LogP contribution in [0.15, 0.2) is 72.8 Å². The molecule has 6 nitrogen and oxygen atoms in total. The van der Waals surface area contributed by atoms with Crippen molar-refractivity contribution in [2.75, 3.05) is 23.0 Å². The van der Waals surface area contributed by atoms with Crippen LogP contribution in [0.1, 0.15) is 17.5 Å². The second-order valence-electron chi connectivity index (χ2n) is 8.11. The lowest BCUT2D eigenvalue weighted by Crippen LogP contribution is -2.60. The number of nitriles is 1. The summed E-state index contributed by atoms with van der Waals surface area (Å²) in [6.45, 7) is 0.477. The van der Waals surface area contributed by atoms with Gasteiger partial charge in [-0.05, 0) is 60.7 Å². The molecule has 1 N–H and O–H groups in total. The van der Waals surface area contributed by atoms with E-state index in [1.807, 2.05) is 0 Å². The molecular weight excluding hydrogens is 461 g/mol. The van der Waals surface area contributed by atoms with Gasteiger partial charge in [0.2, 0.25) is 0 Å². The second-order valence-corrected chi connectivity index (χ2v) is 8.98. The second kappa shape index (κ2) is 8.05. The number of benzene rings is 3. The summed E-state index contributed by atoms with van der Waals surface area (Å²) in [5, 5.41) is 23.1. The Labute approximate surface area is 201 Å². The number of urea groups is 1. The minimum Gasteiger partial charge on any atom is -0.379 e. The van der Waals surface area contributed by atoms with Crippen LogP contribution in [0.2, 0.25) is 10.0 Å². The van der Waals surface area contributed by atoms with Crippen LogP contribution < -0.4 is 9.80 Å². The predicted octanol–water partition coefficient (Wildman–Crippen LogP) is 5.32. The first-order valence-electron chi connectivity index (χ1n) is 10.4. The molecular formula is C25H19Cl2N3O3. The van der Waals surface area contributed by atoms with Crippen LogP contribution in [0.5, 0.6) is 0 Å². The molecule has 0 aliphatic carbocycles. The maximum Gasteiger partial charge on any atom is 0.332 e. The van der Waals surface area contributed by atoms with E-state index in [0.717, 1.165) is 0 Å². The van der Waals surface area contributed by atoms with Crippen molar-refractivity contribution in [3.63, 3.8) is 0 Å². The first-order valence-corrected chi connectivity index (χ1v) is 11.1. The number of anilines is 2. The van der Waals surface area contributed by atoms with Crippen LogP contribution in [-0.2, 0) is 10.5 Å². The van der Waals surface area contributed by atoms with E-state index in [2.05, 4.69) is 6.07 Å². The molecule has 2 aliphatic heterocycles. The Balaban J connectivity index is 1.80. The molecule has 0 aromatic heterocycles. The van der Waals surface area contributed by atoms with E-state index >= 15 is 0 Å². The maximum atomic E-state index is 14.1. The summed E-state index contributed by atoms with van der Waals surface area (Å²) in [6, 6.07) is 22.0. The third-order valence-electron chi connectivity index (χ3n) is 6.35. The van der Waals surface area contributed by atoms with Gasteiger partial charge in [-0.15, -0.1) is 0 Å². The highest BCUT2D eigenvalue weighted by Gasteiger charge is 2.69. The van der Waals surface area contributed by atoms with Crippen LogP contribution in [0.3, 0.4) is 0 Å². The van der Waals surface area contributed by atoms with Gasteiger partial charge in [0.25, 0.3) is 0 Å². The van der Waals surface area contributed by atoms with Crippen molar-refractivity contribution in [2.24, 2.45) is 0 Å². The summed E-state index contributed by atoms with van der Waals surface area (Å²) in [5.41, 5.74) is -1.12. The Hall–Kier alpha value is -3.08. The lowest BCUT2D eigenvalue weighted by molar-refractivity contribution is -0.0212. The smallest absolute Gasteiger partial charge is 0.332 e. The SMILES string of the molecule is N#Cc1cccc(C2(O)N(c3ccc(Cl)cc3)C(=O)N(c3ccc(Cl)cc3)[C@@]23CCOC3)c1. The van der Waals surface area contributed by atoms with Gasteiger partial charge in [-0.25, -0.2) is 4.79 Å². The van der Waals surface area contributed by atoms with Crippen molar-refractivity contribution >= 4 is 40.6 Å². The average Bonchev–Trinajstić information content (AvgIpc) is 3.39. The van der Waals surface area contributed by atoms with E-state index in [1.165, 1.54) is 4.90 Å². The average molecular weight is 480 g/mol. The van der Waals surface area contributed by atoms with Crippen LogP contribution in [0.25, 0.3) is 0 Å². The maximum absolute atomic E-state index is 14.1. The van der Waals surface area contributed by atoms with Crippen molar-refractivity contribution in [2.45, 2.75) is 17.7 Å². The van der Waals surface area contributed by atoms with Crippen molar-refractivity contribution < 1.29 is 14.6 Å². The van der Waals surface area contributed by atoms with Gasteiger partial charge in [-0.1, -0.05) is 35.3 Å². The van der Waals surface area contributed by atoms with Crippen LogP contribution in [-0.4, -0.2) is 29.9 Å². The van der Waals surface area contributed by atoms with Crippen molar-refractivity contribution in [3.8, 4) is 6.07 Å². The van der Waals surface area contributed by atoms with Gasteiger partial charge < -0.3 is 9.84 Å². The third kappa shape index (κ3) is 3.20. The highest BCUT2D eigenvalue weighted by atomic mass is 35.5. The molecule has 2 aliphatic rings. The normalized spacial score (nSPS) is 24.5. The molecule has 2 saturated heterocycles. The Bertz CT molecular complexity index is 1250. The summed E-state index contributed by atoms with van der Waals surface area (Å²) in [5.74, 6) is 0. The Morgan fingerprint density at radius 3 is 2.09 bits per heavy atom. The molecule has 8 heteroatoms. The number of hydrogen-bond acceptors (Lipinski definition) is 4. The molecule has 166 valence electrons. The first-order chi connectivity index (χ1) is 15.9. The number of carbonyl (C=O) groups is 1. The number of hydrogen-bond donors (Lipinski definition) is 1. The zero-order valence-corrected chi connectivity index (χ0v) is 18.9. The molecule has 5 rings (SSSR count). The Kier molecular flexibility index (Phi) is 5.31. The summed E-state index contributed by atoms with van der Waals surface area (Å²) < 4.78 is 5.79. The van der Waals surface area contributed by atoms with E-state index < -0.39 is 17.3 Å². The van der Waals surface area contributed by atoms with E-state index in [-0.39, 0.29) is 6.61 Å². The fraction of sp³-hybridized carbons (Fsp3) is 0.200. The van der Waals surface area contributed by atoms with Crippen molar-refractivity contribution in [1.82, 2.24) is 0 Å². The first kappa shape index (κ1) is 21.7. The summed E-state index contributed by atoms with van der Waals surface area (Å²) >= 11 is 12.2. The molecule has 2 atom stereocenters. The molecule has 3 aromatic rings. The fourth-order valence-electron chi connectivity index (χ4n) is 4.83. The molecule has 2 heterocycles. The number of carbonyl (C=O) groups excluding carboxylic acids is 1. The number of amides is 2. The molecule has 33 heavy (non-hydrogen) atoms. The Morgan fingerprint density at radius 2 is 1.55 bits per heavy atom. The zero-order chi connectivity index (χ0) is 23.2. The number of rotatable bonds is 3. The molecule has 0 saturated carbocycles. The third-order valence-corrected chi connectivity index (χ3v) is 6.85. The van der Waals surface area contributed by atoms with Gasteiger partial charge in [0.1, 0.15) is 5.54 Å². The van der Waals surface area contributed by atoms with Crippen LogP contribution >= 0.6 is 23.2 Å². The number of aliphatic hydroxyl groups is 1. The molecule has 2 amide bonds. The number of halogens is 2. The molecule has 1 spiro atoms. The van der Waals surface area contributed by atoms with Gasteiger partial charge in [0, 0.05) is 40.0 Å². The minimum atomic E-state index is -1.83. The zero-order valence-electron chi connectivity index (χ0n) is 17.4. The fourth-order valence-corrected chi connectivity index (χ4v) is 5.08. The van der Waals surface area contributed by atoms with Crippen LogP contribution in [0, 0.1) is 11.3 Å². The summed E-state index contributed by atoms with van der Waals surface area (Å²) in [4.78, 5) is 17.0. The Morgan fingerprint density at radius 1 is 0.939 bits per heavy atom. The predicted molar refractivity (Wildman–Crippen MR) is 126 cm³/mol. The monoisotopic (exact) mass is 479 g/mol.